The second-order valence-corrected chi connectivity index (χ2v) is 6.77. The Bertz CT molecular complexity index is 990. The monoisotopic (exact) mass is 378 g/mol. The van der Waals surface area contributed by atoms with Gasteiger partial charge < -0.3 is 11.5 Å². The van der Waals surface area contributed by atoms with Crippen LogP contribution in [-0.2, 0) is 7.05 Å². The molecule has 3 aromatic heterocycles. The molecular formula is C19H22N8O. The van der Waals surface area contributed by atoms with E-state index in [1.807, 2.05) is 26.0 Å². The Morgan fingerprint density at radius 1 is 1.07 bits per heavy atom. The molecule has 0 aliphatic heterocycles. The van der Waals surface area contributed by atoms with E-state index in [0.717, 1.165) is 5.56 Å². The van der Waals surface area contributed by atoms with E-state index in [9.17, 15) is 4.79 Å². The molecule has 28 heavy (non-hydrogen) atoms. The van der Waals surface area contributed by atoms with Crippen LogP contribution in [0.15, 0.2) is 48.1 Å². The smallest absolute Gasteiger partial charge is 0.281 e. The summed E-state index contributed by atoms with van der Waals surface area (Å²) in [5.41, 5.74) is 14.3. The Kier molecular flexibility index (Phi) is 5.44. The van der Waals surface area contributed by atoms with Gasteiger partial charge in [-0.25, -0.2) is 9.97 Å². The summed E-state index contributed by atoms with van der Waals surface area (Å²) in [5.74, 6) is 0.0419. The van der Waals surface area contributed by atoms with Crippen molar-refractivity contribution in [3.05, 3.63) is 54.2 Å². The Balaban J connectivity index is 1.86. The summed E-state index contributed by atoms with van der Waals surface area (Å²) in [6.07, 6.45) is 7.84. The van der Waals surface area contributed by atoms with Gasteiger partial charge in [0.05, 0.1) is 29.8 Å². The molecule has 0 spiro atoms. The first kappa shape index (κ1) is 19.2. The molecule has 0 saturated heterocycles. The molecule has 0 fully saturated rings. The number of anilines is 1. The van der Waals surface area contributed by atoms with E-state index in [2.05, 4.69) is 25.0 Å². The number of hydrogen-bond acceptors (Lipinski definition) is 6. The number of nitrogen functional groups attached to an aromatic ring is 1. The summed E-state index contributed by atoms with van der Waals surface area (Å²) < 4.78 is 1.54. The first-order chi connectivity index (χ1) is 13.3. The van der Waals surface area contributed by atoms with Gasteiger partial charge in [-0.1, -0.05) is 19.9 Å². The van der Waals surface area contributed by atoms with E-state index in [-0.39, 0.29) is 17.7 Å². The van der Waals surface area contributed by atoms with Crippen LogP contribution in [-0.4, -0.2) is 36.5 Å². The van der Waals surface area contributed by atoms with E-state index < -0.39 is 5.91 Å². The average Bonchev–Trinajstić information content (AvgIpc) is 3.09. The number of aryl methyl sites for hydroxylation is 1. The van der Waals surface area contributed by atoms with Gasteiger partial charge in [0, 0.05) is 25.4 Å². The number of aliphatic imine (C=N–C) groups is 1. The number of rotatable bonds is 5. The Hall–Kier alpha value is -3.62. The fraction of sp³-hybridized carbons (Fsp3) is 0.263. The van der Waals surface area contributed by atoms with Crippen LogP contribution in [0.3, 0.4) is 0 Å². The molecule has 0 aromatic carbocycles. The minimum atomic E-state index is -0.419. The van der Waals surface area contributed by atoms with Crippen LogP contribution in [0, 0.1) is 5.92 Å². The molecule has 1 unspecified atom stereocenters. The van der Waals surface area contributed by atoms with E-state index in [4.69, 9.17) is 11.5 Å². The molecule has 1 amide bonds. The van der Waals surface area contributed by atoms with Gasteiger partial charge in [-0.2, -0.15) is 10.1 Å². The first-order valence-corrected chi connectivity index (χ1v) is 8.76. The van der Waals surface area contributed by atoms with Crippen LogP contribution in [0.4, 0.5) is 5.82 Å². The third kappa shape index (κ3) is 4.20. The summed E-state index contributed by atoms with van der Waals surface area (Å²) in [6, 6.07) is 3.74. The summed E-state index contributed by atoms with van der Waals surface area (Å²) in [5, 5.41) is 3.98. The Morgan fingerprint density at radius 2 is 1.82 bits per heavy atom. The summed E-state index contributed by atoms with van der Waals surface area (Å²) in [7, 11) is 1.74. The van der Waals surface area contributed by atoms with Gasteiger partial charge in [0.1, 0.15) is 17.3 Å². The van der Waals surface area contributed by atoms with Crippen LogP contribution < -0.4 is 11.5 Å². The first-order valence-electron chi connectivity index (χ1n) is 8.76. The largest absolute Gasteiger partial charge is 0.387 e. The molecule has 0 aliphatic carbocycles. The lowest BCUT2D eigenvalue weighted by Gasteiger charge is -2.20. The van der Waals surface area contributed by atoms with E-state index in [0.29, 0.717) is 22.8 Å². The minimum absolute atomic E-state index is 0.120. The number of aromatic nitrogens is 5. The molecule has 0 aliphatic rings. The predicted molar refractivity (Wildman–Crippen MR) is 106 cm³/mol. The highest BCUT2D eigenvalue weighted by atomic mass is 16.1. The molecule has 0 radical (unpaired) electrons. The molecule has 1 atom stereocenters. The summed E-state index contributed by atoms with van der Waals surface area (Å²) in [4.78, 5) is 29.1. The summed E-state index contributed by atoms with van der Waals surface area (Å²) >= 11 is 0. The van der Waals surface area contributed by atoms with Gasteiger partial charge >= 0.3 is 0 Å². The molecule has 4 N–H and O–H groups in total. The highest BCUT2D eigenvalue weighted by molar-refractivity contribution is 6.04. The second-order valence-electron chi connectivity index (χ2n) is 6.77. The topological polar surface area (TPSA) is 138 Å². The number of nitrogens with zero attached hydrogens (tertiary/aromatic N) is 6. The lowest BCUT2D eigenvalue weighted by atomic mass is 9.88. The number of amidine groups is 1. The zero-order chi connectivity index (χ0) is 20.3. The van der Waals surface area contributed by atoms with E-state index in [1.165, 1.54) is 12.4 Å². The SMILES string of the molecule is CC(C)C(C(N)=NC(=O)c1cnn(C)c1)c1ccc(-c2cnc(N)cn2)nc1. The lowest BCUT2D eigenvalue weighted by Crippen LogP contribution is -2.27. The molecule has 3 aromatic rings. The van der Waals surface area contributed by atoms with Crippen molar-refractivity contribution in [3.63, 3.8) is 0 Å². The fourth-order valence-corrected chi connectivity index (χ4v) is 2.89. The van der Waals surface area contributed by atoms with Crippen LogP contribution in [0.25, 0.3) is 11.4 Å². The van der Waals surface area contributed by atoms with Crippen LogP contribution >= 0.6 is 0 Å². The van der Waals surface area contributed by atoms with Gasteiger partial charge in [-0.15, -0.1) is 0 Å². The second kappa shape index (κ2) is 7.95. The molecular weight excluding hydrogens is 356 g/mol. The maximum atomic E-state index is 12.3. The number of amides is 1. The maximum absolute atomic E-state index is 12.3. The van der Waals surface area contributed by atoms with Gasteiger partial charge in [-0.05, 0) is 17.5 Å². The van der Waals surface area contributed by atoms with Crippen molar-refractivity contribution < 1.29 is 4.79 Å². The molecule has 9 heteroatoms. The van der Waals surface area contributed by atoms with Crippen molar-refractivity contribution in [2.24, 2.45) is 23.7 Å². The zero-order valence-electron chi connectivity index (χ0n) is 15.9. The molecule has 144 valence electrons. The number of carbonyl (C=O) groups is 1. The minimum Gasteiger partial charge on any atom is -0.387 e. The summed E-state index contributed by atoms with van der Waals surface area (Å²) in [6.45, 7) is 4.03. The highest BCUT2D eigenvalue weighted by Gasteiger charge is 2.22. The average molecular weight is 378 g/mol. The van der Waals surface area contributed by atoms with Crippen LogP contribution in [0.1, 0.15) is 35.7 Å². The maximum Gasteiger partial charge on any atom is 0.281 e. The third-order valence-corrected chi connectivity index (χ3v) is 4.25. The Morgan fingerprint density at radius 3 is 2.36 bits per heavy atom. The molecule has 3 heterocycles. The standard InChI is InChI=1S/C19H22N8O/c1-11(2)17(18(21)26-19(28)13-7-25-27(3)10-13)12-4-5-14(22-6-12)15-8-24-16(20)9-23-15/h4-11,17H,1-3H3,(H2,20,24)(H2,21,26,28). The van der Waals surface area contributed by atoms with Crippen molar-refractivity contribution in [2.75, 3.05) is 5.73 Å². The van der Waals surface area contributed by atoms with Crippen molar-refractivity contribution in [1.29, 1.82) is 0 Å². The fourth-order valence-electron chi connectivity index (χ4n) is 2.89. The van der Waals surface area contributed by atoms with E-state index >= 15 is 0 Å². The van der Waals surface area contributed by atoms with Gasteiger partial charge in [0.25, 0.3) is 5.91 Å². The van der Waals surface area contributed by atoms with Crippen LogP contribution in [0.2, 0.25) is 0 Å². The van der Waals surface area contributed by atoms with Gasteiger partial charge in [-0.3, -0.25) is 14.5 Å². The third-order valence-electron chi connectivity index (χ3n) is 4.25. The van der Waals surface area contributed by atoms with Crippen molar-refractivity contribution in [3.8, 4) is 11.4 Å². The molecule has 0 saturated carbocycles. The number of nitrogens with two attached hydrogens (primary N) is 2. The Labute approximate surface area is 162 Å². The zero-order valence-corrected chi connectivity index (χ0v) is 15.9. The van der Waals surface area contributed by atoms with Crippen molar-refractivity contribution in [2.45, 2.75) is 19.8 Å². The molecule has 9 nitrogen and oxygen atoms in total. The van der Waals surface area contributed by atoms with Gasteiger partial charge in [0.15, 0.2) is 0 Å². The predicted octanol–water partition coefficient (Wildman–Crippen LogP) is 1.79. The highest BCUT2D eigenvalue weighted by Crippen LogP contribution is 2.26. The van der Waals surface area contributed by atoms with Gasteiger partial charge in [0.2, 0.25) is 0 Å². The number of carbonyl (C=O) groups excluding carboxylic acids is 1. The van der Waals surface area contributed by atoms with Crippen LogP contribution in [0.5, 0.6) is 0 Å². The molecule has 3 rings (SSSR count). The van der Waals surface area contributed by atoms with E-state index in [1.54, 1.807) is 30.3 Å². The number of pyridine rings is 1. The quantitative estimate of drug-likeness (QED) is 0.510. The molecule has 0 bridgehead atoms. The number of hydrogen-bond donors (Lipinski definition) is 2. The normalized spacial score (nSPS) is 12.9. The van der Waals surface area contributed by atoms with Crippen molar-refractivity contribution in [1.82, 2.24) is 24.7 Å². The lowest BCUT2D eigenvalue weighted by molar-refractivity contribution is 0.100. The van der Waals surface area contributed by atoms with Crippen molar-refractivity contribution >= 4 is 17.6 Å².